The van der Waals surface area contributed by atoms with E-state index in [-0.39, 0.29) is 18.8 Å². The maximum Gasteiger partial charge on any atom is 0.240 e. The molecule has 0 unspecified atom stereocenters. The second kappa shape index (κ2) is 4.59. The van der Waals surface area contributed by atoms with Crippen LogP contribution in [0, 0.1) is 5.82 Å². The zero-order chi connectivity index (χ0) is 11.5. The maximum absolute atomic E-state index is 13.4. The fraction of sp³-hybridized carbons (Fsp3) is 0.200. The lowest BCUT2D eigenvalue weighted by Gasteiger charge is -2.01. The van der Waals surface area contributed by atoms with E-state index >= 15 is 0 Å². The maximum atomic E-state index is 13.4. The zero-order valence-electron chi connectivity index (χ0n) is 8.28. The summed E-state index contributed by atoms with van der Waals surface area (Å²) in [5, 5.41) is 4.02. The van der Waals surface area contributed by atoms with Gasteiger partial charge in [-0.3, -0.25) is 0 Å². The number of halogens is 2. The lowest BCUT2D eigenvalue weighted by molar-refractivity contribution is 0.375. The molecule has 0 aliphatic carbocycles. The molecule has 1 aromatic heterocycles. The van der Waals surface area contributed by atoms with Crippen LogP contribution in [0.4, 0.5) is 4.39 Å². The Kier molecular flexibility index (Phi) is 3.17. The van der Waals surface area contributed by atoms with Gasteiger partial charge in [0.1, 0.15) is 5.82 Å². The summed E-state index contributed by atoms with van der Waals surface area (Å²) in [6, 6.07) is 4.50. The third-order valence-electron chi connectivity index (χ3n) is 2.08. The van der Waals surface area contributed by atoms with Crippen molar-refractivity contribution in [3.05, 3.63) is 46.3 Å². The molecule has 2 aromatic rings. The van der Waals surface area contributed by atoms with Gasteiger partial charge in [-0.2, -0.15) is 4.98 Å². The van der Waals surface area contributed by atoms with Crippen LogP contribution >= 0.6 is 11.6 Å². The molecule has 0 fully saturated rings. The second-order valence-corrected chi connectivity index (χ2v) is 3.59. The zero-order valence-corrected chi connectivity index (χ0v) is 9.04. The van der Waals surface area contributed by atoms with Gasteiger partial charge in [0.25, 0.3) is 0 Å². The van der Waals surface area contributed by atoms with Crippen molar-refractivity contribution < 1.29 is 8.91 Å². The highest BCUT2D eigenvalue weighted by atomic mass is 35.5. The van der Waals surface area contributed by atoms with Crippen molar-refractivity contribution in [3.63, 3.8) is 0 Å². The summed E-state index contributed by atoms with van der Waals surface area (Å²) in [6.45, 7) is 0.165. The van der Waals surface area contributed by atoms with Gasteiger partial charge in [0, 0.05) is 17.0 Å². The van der Waals surface area contributed by atoms with Gasteiger partial charge in [0.2, 0.25) is 5.89 Å². The Labute approximate surface area is 96.2 Å². The Morgan fingerprint density at radius 2 is 2.25 bits per heavy atom. The van der Waals surface area contributed by atoms with Gasteiger partial charge < -0.3 is 10.3 Å². The molecule has 84 valence electrons. The van der Waals surface area contributed by atoms with Crippen molar-refractivity contribution in [1.29, 1.82) is 0 Å². The minimum atomic E-state index is -0.383. The van der Waals surface area contributed by atoms with Crippen molar-refractivity contribution in [2.75, 3.05) is 0 Å². The number of hydrogen-bond donors (Lipinski definition) is 1. The Bertz CT molecular complexity index is 480. The molecule has 0 bridgehead atoms. The van der Waals surface area contributed by atoms with E-state index in [2.05, 4.69) is 10.1 Å². The molecule has 0 aliphatic rings. The summed E-state index contributed by atoms with van der Waals surface area (Å²) in [4.78, 5) is 3.98. The highest BCUT2D eigenvalue weighted by Crippen LogP contribution is 2.21. The van der Waals surface area contributed by atoms with Crippen molar-refractivity contribution in [1.82, 2.24) is 10.1 Å². The van der Waals surface area contributed by atoms with Crippen LogP contribution in [0.2, 0.25) is 5.02 Å². The molecule has 1 aromatic carbocycles. The second-order valence-electron chi connectivity index (χ2n) is 3.19. The summed E-state index contributed by atoms with van der Waals surface area (Å²) < 4.78 is 18.2. The first-order valence-corrected chi connectivity index (χ1v) is 5.03. The van der Waals surface area contributed by atoms with Crippen LogP contribution in [0.5, 0.6) is 0 Å². The monoisotopic (exact) mass is 241 g/mol. The highest BCUT2D eigenvalue weighted by Gasteiger charge is 2.11. The minimum Gasteiger partial charge on any atom is -0.338 e. The van der Waals surface area contributed by atoms with Crippen molar-refractivity contribution >= 4 is 11.6 Å². The van der Waals surface area contributed by atoms with E-state index in [0.29, 0.717) is 22.3 Å². The molecular formula is C10H9ClFN3O. The lowest BCUT2D eigenvalue weighted by Crippen LogP contribution is -1.98. The molecule has 2 rings (SSSR count). The third kappa shape index (κ3) is 2.20. The van der Waals surface area contributed by atoms with Gasteiger partial charge in [0.15, 0.2) is 5.82 Å². The van der Waals surface area contributed by atoms with Gasteiger partial charge >= 0.3 is 0 Å². The largest absolute Gasteiger partial charge is 0.338 e. The molecule has 1 heterocycles. The number of hydrogen-bond acceptors (Lipinski definition) is 4. The van der Waals surface area contributed by atoms with Crippen LogP contribution in [0.1, 0.15) is 17.3 Å². The molecule has 6 heteroatoms. The number of aromatic nitrogens is 2. The smallest absolute Gasteiger partial charge is 0.240 e. The fourth-order valence-corrected chi connectivity index (χ4v) is 1.53. The summed E-state index contributed by atoms with van der Waals surface area (Å²) in [5.74, 6) is 0.307. The van der Waals surface area contributed by atoms with E-state index in [0.717, 1.165) is 0 Å². The summed E-state index contributed by atoms with van der Waals surface area (Å²) in [5.41, 5.74) is 5.68. The Morgan fingerprint density at radius 1 is 1.44 bits per heavy atom. The quantitative estimate of drug-likeness (QED) is 0.892. The van der Waals surface area contributed by atoms with E-state index in [9.17, 15) is 4.39 Å². The normalized spacial score (nSPS) is 10.7. The fourth-order valence-electron chi connectivity index (χ4n) is 1.30. The molecular weight excluding hydrogens is 233 g/mol. The van der Waals surface area contributed by atoms with E-state index in [1.54, 1.807) is 12.1 Å². The van der Waals surface area contributed by atoms with E-state index in [4.69, 9.17) is 21.9 Å². The average Bonchev–Trinajstić information content (AvgIpc) is 2.71. The van der Waals surface area contributed by atoms with Crippen LogP contribution in [-0.4, -0.2) is 10.1 Å². The van der Waals surface area contributed by atoms with E-state index in [1.165, 1.54) is 6.07 Å². The van der Waals surface area contributed by atoms with E-state index < -0.39 is 0 Å². The average molecular weight is 242 g/mol. The minimum absolute atomic E-state index is 0.165. The van der Waals surface area contributed by atoms with Crippen LogP contribution in [-0.2, 0) is 13.0 Å². The van der Waals surface area contributed by atoms with Crippen LogP contribution in [0.3, 0.4) is 0 Å². The van der Waals surface area contributed by atoms with Gasteiger partial charge in [-0.1, -0.05) is 22.8 Å². The topological polar surface area (TPSA) is 64.9 Å². The molecule has 0 atom stereocenters. The van der Waals surface area contributed by atoms with Crippen LogP contribution in [0.25, 0.3) is 0 Å². The Balaban J connectivity index is 2.26. The van der Waals surface area contributed by atoms with Crippen LogP contribution in [0.15, 0.2) is 22.7 Å². The first-order valence-electron chi connectivity index (χ1n) is 4.65. The Hall–Kier alpha value is -1.46. The first kappa shape index (κ1) is 11.0. The van der Waals surface area contributed by atoms with E-state index in [1.807, 2.05) is 0 Å². The summed E-state index contributed by atoms with van der Waals surface area (Å²) in [7, 11) is 0. The summed E-state index contributed by atoms with van der Waals surface area (Å²) >= 11 is 5.87. The molecule has 0 saturated heterocycles. The van der Waals surface area contributed by atoms with Gasteiger partial charge in [-0.15, -0.1) is 0 Å². The molecule has 4 nitrogen and oxygen atoms in total. The van der Waals surface area contributed by atoms with Gasteiger partial charge in [-0.05, 0) is 12.1 Å². The van der Waals surface area contributed by atoms with Crippen molar-refractivity contribution in [2.45, 2.75) is 13.0 Å². The van der Waals surface area contributed by atoms with Crippen LogP contribution < -0.4 is 5.73 Å². The Morgan fingerprint density at radius 3 is 2.88 bits per heavy atom. The predicted molar refractivity (Wildman–Crippen MR) is 56.4 cm³/mol. The summed E-state index contributed by atoms with van der Waals surface area (Å²) in [6.07, 6.45) is 0.189. The molecule has 0 spiro atoms. The third-order valence-corrected chi connectivity index (χ3v) is 2.44. The molecule has 16 heavy (non-hydrogen) atoms. The SMILES string of the molecule is NCc1nc(Cc2c(F)cccc2Cl)no1. The van der Waals surface area contributed by atoms with Crippen molar-refractivity contribution in [3.8, 4) is 0 Å². The predicted octanol–water partition coefficient (Wildman–Crippen LogP) is 1.91. The lowest BCUT2D eigenvalue weighted by atomic mass is 10.1. The van der Waals surface area contributed by atoms with Crippen molar-refractivity contribution in [2.24, 2.45) is 5.73 Å². The van der Waals surface area contributed by atoms with Gasteiger partial charge in [-0.25, -0.2) is 4.39 Å². The highest BCUT2D eigenvalue weighted by molar-refractivity contribution is 6.31. The number of nitrogens with two attached hydrogens (primary N) is 1. The first-order chi connectivity index (χ1) is 7.70. The molecule has 0 radical (unpaired) electrons. The number of rotatable bonds is 3. The molecule has 0 amide bonds. The number of nitrogens with zero attached hydrogens (tertiary/aromatic N) is 2. The van der Waals surface area contributed by atoms with Gasteiger partial charge in [0.05, 0.1) is 6.54 Å². The molecule has 0 saturated carbocycles. The number of benzene rings is 1. The standard InChI is InChI=1S/C10H9ClFN3O/c11-7-2-1-3-8(12)6(7)4-9-14-10(5-13)16-15-9/h1-3H,4-5,13H2. The molecule has 2 N–H and O–H groups in total. The molecule has 0 aliphatic heterocycles.